The van der Waals surface area contributed by atoms with Crippen molar-refractivity contribution in [3.05, 3.63) is 77.1 Å². The number of nitrogens with zero attached hydrogens (tertiary/aromatic N) is 3. The zero-order valence-corrected chi connectivity index (χ0v) is 16.8. The molecule has 0 unspecified atom stereocenters. The van der Waals surface area contributed by atoms with Crippen molar-refractivity contribution in [2.75, 3.05) is 20.2 Å². The first kappa shape index (κ1) is 20.1. The van der Waals surface area contributed by atoms with Gasteiger partial charge in [-0.25, -0.2) is 13.5 Å². The predicted molar refractivity (Wildman–Crippen MR) is 109 cm³/mol. The molecule has 0 radical (unpaired) electrons. The molecule has 2 aromatic carbocycles. The van der Waals surface area contributed by atoms with E-state index < -0.39 is 0 Å². The average Bonchev–Trinajstić information content (AvgIpc) is 3.15. The fourth-order valence-electron chi connectivity index (χ4n) is 3.68. The first-order valence-electron chi connectivity index (χ1n) is 10.0. The van der Waals surface area contributed by atoms with E-state index in [-0.39, 0.29) is 24.1 Å². The van der Waals surface area contributed by atoms with E-state index in [0.717, 1.165) is 42.6 Å². The molecular weight excluding hydrogens is 388 g/mol. The van der Waals surface area contributed by atoms with Gasteiger partial charge < -0.3 is 9.64 Å². The van der Waals surface area contributed by atoms with Crippen molar-refractivity contribution >= 4 is 5.91 Å². The number of hydrogen-bond acceptors (Lipinski definition) is 3. The molecule has 1 aliphatic rings. The molecule has 0 atom stereocenters. The van der Waals surface area contributed by atoms with Gasteiger partial charge in [-0.05, 0) is 74.2 Å². The lowest BCUT2D eigenvalue weighted by Crippen LogP contribution is -2.32. The quantitative estimate of drug-likeness (QED) is 0.611. The maximum atomic E-state index is 13.3. The molecule has 4 rings (SSSR count). The second kappa shape index (κ2) is 8.65. The second-order valence-corrected chi connectivity index (χ2v) is 7.40. The topological polar surface area (TPSA) is 47.4 Å². The van der Waals surface area contributed by atoms with Gasteiger partial charge in [0.05, 0.1) is 12.2 Å². The summed E-state index contributed by atoms with van der Waals surface area (Å²) in [7, 11) is 1.71. The smallest absolute Gasteiger partial charge is 0.274 e. The molecule has 0 fully saturated rings. The zero-order chi connectivity index (χ0) is 21.1. The van der Waals surface area contributed by atoms with Crippen LogP contribution in [0.25, 0.3) is 5.69 Å². The molecule has 1 aliphatic carbocycles. The van der Waals surface area contributed by atoms with Crippen molar-refractivity contribution in [3.8, 4) is 11.4 Å². The highest BCUT2D eigenvalue weighted by molar-refractivity contribution is 5.94. The van der Waals surface area contributed by atoms with Crippen LogP contribution in [-0.2, 0) is 12.8 Å². The number of hydrogen-bond donors (Lipinski definition) is 0. The first-order valence-corrected chi connectivity index (χ1v) is 10.0. The Morgan fingerprint density at radius 1 is 1.03 bits per heavy atom. The molecule has 0 bridgehead atoms. The minimum atomic E-state index is -0.323. The minimum Gasteiger partial charge on any atom is -0.492 e. The molecule has 30 heavy (non-hydrogen) atoms. The fraction of sp³-hybridized carbons (Fsp3) is 0.304. The van der Waals surface area contributed by atoms with Crippen LogP contribution in [0.1, 0.15) is 34.6 Å². The van der Waals surface area contributed by atoms with Crippen molar-refractivity contribution < 1.29 is 18.3 Å². The van der Waals surface area contributed by atoms with E-state index in [1.54, 1.807) is 40.9 Å². The monoisotopic (exact) mass is 411 g/mol. The summed E-state index contributed by atoms with van der Waals surface area (Å²) in [6.07, 6.45) is 3.69. The lowest BCUT2D eigenvalue weighted by Gasteiger charge is -2.18. The summed E-state index contributed by atoms with van der Waals surface area (Å²) in [5.41, 5.74) is 3.18. The predicted octanol–water partition coefficient (Wildman–Crippen LogP) is 4.18. The summed E-state index contributed by atoms with van der Waals surface area (Å²) in [4.78, 5) is 14.7. The molecule has 3 aromatic rings. The SMILES string of the molecule is CN(CCOc1ccc(F)cc1)C(=O)c1nn(-c2ccc(F)cc2)c2c1CCCC2. The van der Waals surface area contributed by atoms with Crippen LogP contribution in [0.5, 0.6) is 5.75 Å². The van der Waals surface area contributed by atoms with Crippen molar-refractivity contribution in [2.24, 2.45) is 0 Å². The number of halogens is 2. The normalized spacial score (nSPS) is 13.0. The molecule has 7 heteroatoms. The van der Waals surface area contributed by atoms with Crippen LogP contribution in [0, 0.1) is 11.6 Å². The Kier molecular flexibility index (Phi) is 5.79. The van der Waals surface area contributed by atoms with Crippen LogP contribution in [0.15, 0.2) is 48.5 Å². The van der Waals surface area contributed by atoms with E-state index in [0.29, 0.717) is 18.0 Å². The van der Waals surface area contributed by atoms with E-state index in [2.05, 4.69) is 5.10 Å². The van der Waals surface area contributed by atoms with Gasteiger partial charge >= 0.3 is 0 Å². The molecule has 5 nitrogen and oxygen atoms in total. The van der Waals surface area contributed by atoms with Gasteiger partial charge in [0.2, 0.25) is 0 Å². The van der Waals surface area contributed by atoms with Gasteiger partial charge in [-0.1, -0.05) is 0 Å². The largest absolute Gasteiger partial charge is 0.492 e. The van der Waals surface area contributed by atoms with Crippen LogP contribution < -0.4 is 4.74 Å². The number of amides is 1. The van der Waals surface area contributed by atoms with E-state index in [1.165, 1.54) is 24.3 Å². The second-order valence-electron chi connectivity index (χ2n) is 7.40. The molecule has 0 spiro atoms. The van der Waals surface area contributed by atoms with Crippen LogP contribution >= 0.6 is 0 Å². The highest BCUT2D eigenvalue weighted by Gasteiger charge is 2.27. The Labute approximate surface area is 173 Å². The summed E-state index contributed by atoms with van der Waals surface area (Å²) < 4.78 is 33.7. The highest BCUT2D eigenvalue weighted by Crippen LogP contribution is 2.27. The molecule has 0 saturated heterocycles. The third kappa shape index (κ3) is 4.20. The molecule has 0 aliphatic heterocycles. The third-order valence-corrected chi connectivity index (χ3v) is 5.31. The van der Waals surface area contributed by atoms with Crippen LogP contribution in [0.3, 0.4) is 0 Å². The van der Waals surface area contributed by atoms with E-state index in [4.69, 9.17) is 4.74 Å². The molecule has 1 amide bonds. The Morgan fingerprint density at radius 2 is 1.67 bits per heavy atom. The summed E-state index contributed by atoms with van der Waals surface area (Å²) in [6.45, 7) is 0.656. The van der Waals surface area contributed by atoms with E-state index in [1.807, 2.05) is 0 Å². The summed E-state index contributed by atoms with van der Waals surface area (Å²) in [6, 6.07) is 11.9. The van der Waals surface area contributed by atoms with Gasteiger partial charge in [-0.15, -0.1) is 0 Å². The molecule has 1 aromatic heterocycles. The Hall–Kier alpha value is -3.22. The van der Waals surface area contributed by atoms with E-state index >= 15 is 0 Å². The number of benzene rings is 2. The van der Waals surface area contributed by atoms with Crippen LogP contribution in [0.2, 0.25) is 0 Å². The molecule has 0 saturated carbocycles. The van der Waals surface area contributed by atoms with Gasteiger partial charge in [0.15, 0.2) is 5.69 Å². The van der Waals surface area contributed by atoms with Gasteiger partial charge in [0.25, 0.3) is 5.91 Å². The number of aromatic nitrogens is 2. The molecule has 156 valence electrons. The standard InChI is InChI=1S/C23H23F2N3O2/c1-27(14-15-30-19-12-8-17(25)9-13-19)23(29)22-20-4-2-3-5-21(20)28(26-22)18-10-6-16(24)7-11-18/h6-13H,2-5,14-15H2,1H3. The first-order chi connectivity index (χ1) is 14.5. The van der Waals surface area contributed by atoms with Gasteiger partial charge in [-0.3, -0.25) is 4.79 Å². The van der Waals surface area contributed by atoms with Gasteiger partial charge in [-0.2, -0.15) is 5.10 Å². The number of carbonyl (C=O) groups is 1. The van der Waals surface area contributed by atoms with E-state index in [9.17, 15) is 13.6 Å². The summed E-state index contributed by atoms with van der Waals surface area (Å²) in [5.74, 6) is -0.250. The lowest BCUT2D eigenvalue weighted by atomic mass is 9.95. The Morgan fingerprint density at radius 3 is 2.37 bits per heavy atom. The molecule has 0 N–H and O–H groups in total. The molecular formula is C23H23F2N3O2. The number of likely N-dealkylation sites (N-methyl/N-ethyl adjacent to an activating group) is 1. The third-order valence-electron chi connectivity index (χ3n) is 5.31. The van der Waals surface area contributed by atoms with Crippen molar-refractivity contribution in [1.82, 2.24) is 14.7 Å². The zero-order valence-electron chi connectivity index (χ0n) is 16.8. The minimum absolute atomic E-state index is 0.170. The van der Waals surface area contributed by atoms with Crippen molar-refractivity contribution in [1.29, 1.82) is 0 Å². The maximum Gasteiger partial charge on any atom is 0.274 e. The molecule has 1 heterocycles. The Bertz CT molecular complexity index is 1030. The number of ether oxygens (including phenoxy) is 1. The average molecular weight is 411 g/mol. The summed E-state index contributed by atoms with van der Waals surface area (Å²) >= 11 is 0. The summed E-state index contributed by atoms with van der Waals surface area (Å²) in [5, 5.41) is 4.61. The number of rotatable bonds is 6. The van der Waals surface area contributed by atoms with Crippen molar-refractivity contribution in [2.45, 2.75) is 25.7 Å². The van der Waals surface area contributed by atoms with Gasteiger partial charge in [0, 0.05) is 18.3 Å². The highest BCUT2D eigenvalue weighted by atomic mass is 19.1. The fourth-order valence-corrected chi connectivity index (χ4v) is 3.68. The maximum absolute atomic E-state index is 13.3. The Balaban J connectivity index is 1.50. The van der Waals surface area contributed by atoms with Crippen LogP contribution in [-0.4, -0.2) is 40.8 Å². The van der Waals surface area contributed by atoms with Crippen LogP contribution in [0.4, 0.5) is 8.78 Å². The van der Waals surface area contributed by atoms with Crippen molar-refractivity contribution in [3.63, 3.8) is 0 Å². The van der Waals surface area contributed by atoms with Gasteiger partial charge in [0.1, 0.15) is 24.0 Å². The number of carbonyl (C=O) groups excluding carboxylic acids is 1. The lowest BCUT2D eigenvalue weighted by molar-refractivity contribution is 0.0766. The number of fused-ring (bicyclic) bond motifs is 1.